The Hall–Kier alpha value is -2.14. The summed E-state index contributed by atoms with van der Waals surface area (Å²) < 4.78 is 6.30. The number of amides is 1. The molecular formula is C20H20BrNO3. The van der Waals surface area contributed by atoms with Crippen molar-refractivity contribution in [2.24, 2.45) is 0 Å². The van der Waals surface area contributed by atoms with E-state index >= 15 is 0 Å². The maximum atomic E-state index is 12.6. The zero-order chi connectivity index (χ0) is 17.8. The summed E-state index contributed by atoms with van der Waals surface area (Å²) in [4.78, 5) is 26.4. The number of carbonyl (C=O) groups is 2. The summed E-state index contributed by atoms with van der Waals surface area (Å²) in [6, 6.07) is 15.6. The van der Waals surface area contributed by atoms with Crippen LogP contribution in [0.25, 0.3) is 0 Å². The fourth-order valence-corrected chi connectivity index (χ4v) is 3.26. The second kappa shape index (κ2) is 7.83. The summed E-state index contributed by atoms with van der Waals surface area (Å²) in [5.74, 6) is -0.528. The Morgan fingerprint density at radius 3 is 2.52 bits per heavy atom. The smallest absolute Gasteiger partial charge is 0.311 e. The van der Waals surface area contributed by atoms with E-state index in [1.807, 2.05) is 42.5 Å². The minimum Gasteiger partial charge on any atom is -0.452 e. The van der Waals surface area contributed by atoms with Crippen molar-refractivity contribution < 1.29 is 14.3 Å². The van der Waals surface area contributed by atoms with Gasteiger partial charge >= 0.3 is 5.97 Å². The molecule has 0 bridgehead atoms. The molecule has 1 amide bonds. The van der Waals surface area contributed by atoms with Crippen LogP contribution in [0.5, 0.6) is 0 Å². The third-order valence-corrected chi connectivity index (χ3v) is 4.89. The molecule has 0 spiro atoms. The van der Waals surface area contributed by atoms with Gasteiger partial charge in [0.05, 0.1) is 6.42 Å². The first kappa shape index (κ1) is 17.7. The third kappa shape index (κ3) is 4.48. The first-order valence-electron chi connectivity index (χ1n) is 8.32. The summed E-state index contributed by atoms with van der Waals surface area (Å²) in [6.07, 6.45) is 0.225. The van der Waals surface area contributed by atoms with E-state index in [0.29, 0.717) is 13.1 Å². The van der Waals surface area contributed by atoms with Crippen LogP contribution in [0.4, 0.5) is 0 Å². The summed E-state index contributed by atoms with van der Waals surface area (Å²) in [5, 5.41) is 0. The van der Waals surface area contributed by atoms with Crippen LogP contribution < -0.4 is 0 Å². The third-order valence-electron chi connectivity index (χ3n) is 4.36. The molecule has 2 aromatic rings. The number of carbonyl (C=O) groups excluding carboxylic acids is 2. The van der Waals surface area contributed by atoms with E-state index in [9.17, 15) is 9.59 Å². The Balaban J connectivity index is 1.56. The van der Waals surface area contributed by atoms with Crippen molar-refractivity contribution >= 4 is 27.8 Å². The van der Waals surface area contributed by atoms with Crippen LogP contribution in [0, 0.1) is 0 Å². The molecule has 3 rings (SSSR count). The first-order valence-corrected chi connectivity index (χ1v) is 9.12. The first-order chi connectivity index (χ1) is 12.0. The van der Waals surface area contributed by atoms with Crippen molar-refractivity contribution in [2.45, 2.75) is 32.4 Å². The molecule has 0 fully saturated rings. The van der Waals surface area contributed by atoms with Gasteiger partial charge in [0.15, 0.2) is 6.10 Å². The second-order valence-corrected chi connectivity index (χ2v) is 7.13. The number of ether oxygens (including phenoxy) is 1. The monoisotopic (exact) mass is 401 g/mol. The molecule has 0 radical (unpaired) electrons. The highest BCUT2D eigenvalue weighted by atomic mass is 79.9. The SMILES string of the molecule is C[C@@H](OC(=O)Cc1ccc(Br)cc1)C(=O)N1CCc2ccccc2C1. The summed E-state index contributed by atoms with van der Waals surface area (Å²) in [7, 11) is 0. The number of esters is 1. The lowest BCUT2D eigenvalue weighted by molar-refractivity contribution is -0.159. The van der Waals surface area contributed by atoms with E-state index in [1.54, 1.807) is 11.8 Å². The lowest BCUT2D eigenvalue weighted by atomic mass is 9.99. The number of rotatable bonds is 4. The molecule has 1 heterocycles. The number of halogens is 1. The van der Waals surface area contributed by atoms with E-state index in [4.69, 9.17) is 4.74 Å². The average Bonchev–Trinajstić information content (AvgIpc) is 2.62. The van der Waals surface area contributed by atoms with Crippen LogP contribution in [0.3, 0.4) is 0 Å². The van der Waals surface area contributed by atoms with Gasteiger partial charge in [0.2, 0.25) is 0 Å². The van der Waals surface area contributed by atoms with Gasteiger partial charge in [-0.25, -0.2) is 0 Å². The Kier molecular flexibility index (Phi) is 5.53. The van der Waals surface area contributed by atoms with Crippen molar-refractivity contribution in [2.75, 3.05) is 6.54 Å². The molecule has 0 N–H and O–H groups in total. The highest BCUT2D eigenvalue weighted by molar-refractivity contribution is 9.10. The molecule has 0 saturated heterocycles. The van der Waals surface area contributed by atoms with E-state index in [-0.39, 0.29) is 18.3 Å². The zero-order valence-electron chi connectivity index (χ0n) is 14.1. The molecule has 1 aliphatic heterocycles. The Morgan fingerprint density at radius 2 is 1.80 bits per heavy atom. The van der Waals surface area contributed by atoms with Crippen LogP contribution in [0.2, 0.25) is 0 Å². The molecule has 0 aromatic heterocycles. The van der Waals surface area contributed by atoms with Gasteiger partial charge in [-0.2, -0.15) is 0 Å². The van der Waals surface area contributed by atoms with Crippen molar-refractivity contribution in [3.05, 3.63) is 69.7 Å². The molecule has 0 saturated carbocycles. The second-order valence-electron chi connectivity index (χ2n) is 6.21. The number of hydrogen-bond acceptors (Lipinski definition) is 3. The molecular weight excluding hydrogens is 382 g/mol. The minimum absolute atomic E-state index is 0.140. The highest BCUT2D eigenvalue weighted by Crippen LogP contribution is 2.19. The maximum absolute atomic E-state index is 12.6. The molecule has 4 nitrogen and oxygen atoms in total. The topological polar surface area (TPSA) is 46.6 Å². The van der Waals surface area contributed by atoms with Crippen LogP contribution in [0.15, 0.2) is 53.0 Å². The van der Waals surface area contributed by atoms with E-state index in [2.05, 4.69) is 22.0 Å². The van der Waals surface area contributed by atoms with E-state index in [0.717, 1.165) is 22.0 Å². The van der Waals surface area contributed by atoms with Crippen LogP contribution in [-0.4, -0.2) is 29.4 Å². The summed E-state index contributed by atoms with van der Waals surface area (Å²) in [6.45, 7) is 2.87. The number of fused-ring (bicyclic) bond motifs is 1. The van der Waals surface area contributed by atoms with Gasteiger partial charge in [0.1, 0.15) is 0 Å². The molecule has 1 atom stereocenters. The summed E-state index contributed by atoms with van der Waals surface area (Å²) >= 11 is 3.36. The van der Waals surface area contributed by atoms with Crippen molar-refractivity contribution in [1.29, 1.82) is 0 Å². The largest absolute Gasteiger partial charge is 0.452 e. The zero-order valence-corrected chi connectivity index (χ0v) is 15.7. The lowest BCUT2D eigenvalue weighted by Gasteiger charge is -2.30. The highest BCUT2D eigenvalue weighted by Gasteiger charge is 2.26. The number of benzene rings is 2. The number of nitrogens with zero attached hydrogens (tertiary/aromatic N) is 1. The molecule has 2 aromatic carbocycles. The van der Waals surface area contributed by atoms with Gasteiger partial charge < -0.3 is 9.64 Å². The fraction of sp³-hybridized carbons (Fsp3) is 0.300. The van der Waals surface area contributed by atoms with Gasteiger partial charge in [0, 0.05) is 17.6 Å². The van der Waals surface area contributed by atoms with Gasteiger partial charge in [-0.1, -0.05) is 52.3 Å². The molecule has 130 valence electrons. The van der Waals surface area contributed by atoms with Crippen LogP contribution in [0.1, 0.15) is 23.6 Å². The minimum atomic E-state index is -0.770. The Labute approximate surface area is 155 Å². The van der Waals surface area contributed by atoms with E-state index < -0.39 is 6.10 Å². The van der Waals surface area contributed by atoms with Gasteiger partial charge in [0.25, 0.3) is 5.91 Å². The molecule has 0 unspecified atom stereocenters. The molecule has 5 heteroatoms. The predicted molar refractivity (Wildman–Crippen MR) is 99.0 cm³/mol. The Morgan fingerprint density at radius 1 is 1.12 bits per heavy atom. The van der Waals surface area contributed by atoms with Gasteiger partial charge in [-0.15, -0.1) is 0 Å². The quantitative estimate of drug-likeness (QED) is 0.736. The average molecular weight is 402 g/mol. The van der Waals surface area contributed by atoms with Crippen molar-refractivity contribution in [1.82, 2.24) is 4.90 Å². The fourth-order valence-electron chi connectivity index (χ4n) is 3.00. The van der Waals surface area contributed by atoms with Crippen molar-refractivity contribution in [3.8, 4) is 0 Å². The molecule has 25 heavy (non-hydrogen) atoms. The van der Waals surface area contributed by atoms with Crippen LogP contribution in [-0.2, 0) is 33.7 Å². The van der Waals surface area contributed by atoms with Gasteiger partial charge in [-0.3, -0.25) is 9.59 Å². The summed E-state index contributed by atoms with van der Waals surface area (Å²) in [5.41, 5.74) is 3.31. The van der Waals surface area contributed by atoms with Gasteiger partial charge in [-0.05, 0) is 42.2 Å². The van der Waals surface area contributed by atoms with Crippen molar-refractivity contribution in [3.63, 3.8) is 0 Å². The maximum Gasteiger partial charge on any atom is 0.311 e. The van der Waals surface area contributed by atoms with Crippen LogP contribution >= 0.6 is 15.9 Å². The Bertz CT molecular complexity index is 773. The molecule has 1 aliphatic rings. The molecule has 0 aliphatic carbocycles. The lowest BCUT2D eigenvalue weighted by Crippen LogP contribution is -2.42. The van der Waals surface area contributed by atoms with E-state index in [1.165, 1.54) is 5.56 Å². The normalized spacial score (nSPS) is 14.6. The standard InChI is InChI=1S/C20H20BrNO3/c1-14(25-19(23)12-15-6-8-18(21)9-7-15)20(24)22-11-10-16-4-2-3-5-17(16)13-22/h2-9,14H,10-13H2,1H3/t14-/m1/s1. The predicted octanol–water partition coefficient (Wildman–Crippen LogP) is 3.51. The number of hydrogen-bond donors (Lipinski definition) is 0.